The van der Waals surface area contributed by atoms with Crippen molar-refractivity contribution in [1.82, 2.24) is 4.90 Å². The number of ether oxygens (including phenoxy) is 1. The van der Waals surface area contributed by atoms with Gasteiger partial charge in [0, 0.05) is 18.7 Å². The third-order valence-electron chi connectivity index (χ3n) is 4.03. The van der Waals surface area contributed by atoms with Gasteiger partial charge in [-0.15, -0.1) is 0 Å². The van der Waals surface area contributed by atoms with Gasteiger partial charge in [0.05, 0.1) is 0 Å². The molecule has 0 fully saturated rings. The van der Waals surface area contributed by atoms with E-state index in [-0.39, 0.29) is 0 Å². The molecule has 0 saturated carbocycles. The minimum Gasteiger partial charge on any atom is -0.478 e. The van der Waals surface area contributed by atoms with Gasteiger partial charge in [-0.25, -0.2) is 0 Å². The molecule has 0 amide bonds. The van der Waals surface area contributed by atoms with E-state index in [0.717, 1.165) is 18.8 Å². The monoisotopic (exact) mass is 275 g/mol. The number of benzene rings is 3. The van der Waals surface area contributed by atoms with E-state index < -0.39 is 0 Å². The quantitative estimate of drug-likeness (QED) is 0.695. The first-order valence-corrected chi connectivity index (χ1v) is 7.30. The van der Waals surface area contributed by atoms with Crippen LogP contribution in [0.5, 0.6) is 5.75 Å². The standard InChI is InChI=1S/C19H17NO/c1-2-6-15(7-3-1)12-20-13-18-17-9-5-4-8-16(17)10-11-19(18)21-14-20/h1-11H,12-14H2. The van der Waals surface area contributed by atoms with Crippen LogP contribution in [-0.4, -0.2) is 11.6 Å². The van der Waals surface area contributed by atoms with Crippen molar-refractivity contribution in [3.63, 3.8) is 0 Å². The summed E-state index contributed by atoms with van der Waals surface area (Å²) < 4.78 is 5.94. The molecule has 0 N–H and O–H groups in total. The van der Waals surface area contributed by atoms with Gasteiger partial charge in [-0.1, -0.05) is 60.7 Å². The number of hydrogen-bond acceptors (Lipinski definition) is 2. The van der Waals surface area contributed by atoms with Crippen molar-refractivity contribution >= 4 is 10.8 Å². The number of nitrogens with zero attached hydrogens (tertiary/aromatic N) is 1. The highest BCUT2D eigenvalue weighted by molar-refractivity contribution is 5.87. The lowest BCUT2D eigenvalue weighted by Gasteiger charge is -2.30. The molecule has 0 atom stereocenters. The SMILES string of the molecule is c1ccc(CN2COc3ccc4ccccc4c3C2)cc1. The summed E-state index contributed by atoms with van der Waals surface area (Å²) in [5, 5.41) is 2.58. The molecule has 4 rings (SSSR count). The summed E-state index contributed by atoms with van der Waals surface area (Å²) in [6.45, 7) is 2.51. The fourth-order valence-electron chi connectivity index (χ4n) is 2.99. The van der Waals surface area contributed by atoms with Gasteiger partial charge in [-0.2, -0.15) is 0 Å². The maximum Gasteiger partial charge on any atom is 0.142 e. The molecule has 0 bridgehead atoms. The summed E-state index contributed by atoms with van der Waals surface area (Å²) in [7, 11) is 0. The number of rotatable bonds is 2. The molecule has 104 valence electrons. The highest BCUT2D eigenvalue weighted by Crippen LogP contribution is 2.32. The van der Waals surface area contributed by atoms with Crippen LogP contribution in [-0.2, 0) is 13.1 Å². The third kappa shape index (κ3) is 2.39. The largest absolute Gasteiger partial charge is 0.478 e. The fourth-order valence-corrected chi connectivity index (χ4v) is 2.99. The van der Waals surface area contributed by atoms with E-state index in [1.165, 1.54) is 21.9 Å². The van der Waals surface area contributed by atoms with E-state index in [2.05, 4.69) is 71.6 Å². The lowest BCUT2D eigenvalue weighted by molar-refractivity contribution is 0.0897. The van der Waals surface area contributed by atoms with Crippen molar-refractivity contribution in [1.29, 1.82) is 0 Å². The van der Waals surface area contributed by atoms with Crippen LogP contribution in [0, 0.1) is 0 Å². The topological polar surface area (TPSA) is 12.5 Å². The summed E-state index contributed by atoms with van der Waals surface area (Å²) in [5.41, 5.74) is 2.63. The van der Waals surface area contributed by atoms with Crippen LogP contribution in [0.2, 0.25) is 0 Å². The lowest BCUT2D eigenvalue weighted by atomic mass is 10.0. The van der Waals surface area contributed by atoms with Gasteiger partial charge in [0.25, 0.3) is 0 Å². The summed E-state index contributed by atoms with van der Waals surface area (Å²) in [6, 6.07) is 23.3. The van der Waals surface area contributed by atoms with Crippen molar-refractivity contribution in [2.24, 2.45) is 0 Å². The molecule has 1 aliphatic rings. The molecule has 3 aromatic rings. The Kier molecular flexibility index (Phi) is 3.09. The Hall–Kier alpha value is -2.32. The Morgan fingerprint density at radius 1 is 0.857 bits per heavy atom. The van der Waals surface area contributed by atoms with Gasteiger partial charge in [-0.05, 0) is 22.4 Å². The van der Waals surface area contributed by atoms with E-state index in [1.54, 1.807) is 0 Å². The van der Waals surface area contributed by atoms with Crippen molar-refractivity contribution < 1.29 is 4.74 Å². The van der Waals surface area contributed by atoms with E-state index >= 15 is 0 Å². The van der Waals surface area contributed by atoms with E-state index in [0.29, 0.717) is 6.73 Å². The zero-order chi connectivity index (χ0) is 14.1. The predicted molar refractivity (Wildman–Crippen MR) is 85.1 cm³/mol. The van der Waals surface area contributed by atoms with Crippen molar-refractivity contribution in [2.75, 3.05) is 6.73 Å². The van der Waals surface area contributed by atoms with Gasteiger partial charge in [0.1, 0.15) is 12.5 Å². The Labute approximate surface area is 124 Å². The average molecular weight is 275 g/mol. The van der Waals surface area contributed by atoms with Gasteiger partial charge < -0.3 is 4.74 Å². The molecule has 0 spiro atoms. The van der Waals surface area contributed by atoms with Gasteiger partial charge in [0.2, 0.25) is 0 Å². The molecule has 0 saturated heterocycles. The average Bonchev–Trinajstić information content (AvgIpc) is 2.56. The minimum atomic E-state index is 0.653. The minimum absolute atomic E-state index is 0.653. The second-order valence-electron chi connectivity index (χ2n) is 5.51. The first-order valence-electron chi connectivity index (χ1n) is 7.30. The Morgan fingerprint density at radius 2 is 1.67 bits per heavy atom. The molecule has 3 aromatic carbocycles. The van der Waals surface area contributed by atoms with Crippen molar-refractivity contribution in [3.05, 3.63) is 77.9 Å². The molecule has 0 unspecified atom stereocenters. The molecule has 1 aliphatic heterocycles. The maximum absolute atomic E-state index is 5.94. The zero-order valence-electron chi connectivity index (χ0n) is 11.8. The molecular formula is C19H17NO. The molecule has 2 heteroatoms. The highest BCUT2D eigenvalue weighted by Gasteiger charge is 2.19. The van der Waals surface area contributed by atoms with E-state index in [4.69, 9.17) is 4.74 Å². The second-order valence-corrected chi connectivity index (χ2v) is 5.51. The summed E-state index contributed by atoms with van der Waals surface area (Å²) in [6.07, 6.45) is 0. The zero-order valence-corrected chi connectivity index (χ0v) is 11.8. The van der Waals surface area contributed by atoms with Crippen LogP contribution >= 0.6 is 0 Å². The first-order chi connectivity index (χ1) is 10.4. The Morgan fingerprint density at radius 3 is 2.57 bits per heavy atom. The maximum atomic E-state index is 5.94. The van der Waals surface area contributed by atoms with Crippen LogP contribution in [0.15, 0.2) is 66.7 Å². The van der Waals surface area contributed by atoms with Crippen molar-refractivity contribution in [3.8, 4) is 5.75 Å². The molecule has 1 heterocycles. The lowest BCUT2D eigenvalue weighted by Crippen LogP contribution is -2.31. The van der Waals surface area contributed by atoms with Gasteiger partial charge in [-0.3, -0.25) is 4.90 Å². The molecule has 21 heavy (non-hydrogen) atoms. The van der Waals surface area contributed by atoms with Crippen LogP contribution in [0.4, 0.5) is 0 Å². The van der Waals surface area contributed by atoms with Crippen LogP contribution in [0.25, 0.3) is 10.8 Å². The molecule has 2 nitrogen and oxygen atoms in total. The molecular weight excluding hydrogens is 258 g/mol. The number of hydrogen-bond donors (Lipinski definition) is 0. The van der Waals surface area contributed by atoms with Crippen LogP contribution < -0.4 is 4.74 Å². The smallest absolute Gasteiger partial charge is 0.142 e. The van der Waals surface area contributed by atoms with Crippen LogP contribution in [0.3, 0.4) is 0 Å². The van der Waals surface area contributed by atoms with Gasteiger partial charge in [0.15, 0.2) is 0 Å². The molecule has 0 aromatic heterocycles. The normalized spacial score (nSPS) is 14.7. The Bertz CT molecular complexity index is 767. The van der Waals surface area contributed by atoms with E-state index in [1.807, 2.05) is 0 Å². The molecule has 0 radical (unpaired) electrons. The summed E-state index contributed by atoms with van der Waals surface area (Å²) >= 11 is 0. The predicted octanol–water partition coefficient (Wildman–Crippen LogP) is 4.19. The van der Waals surface area contributed by atoms with E-state index in [9.17, 15) is 0 Å². The first kappa shape index (κ1) is 12.4. The fraction of sp³-hybridized carbons (Fsp3) is 0.158. The highest BCUT2D eigenvalue weighted by atomic mass is 16.5. The number of fused-ring (bicyclic) bond motifs is 3. The van der Waals surface area contributed by atoms with Gasteiger partial charge >= 0.3 is 0 Å². The third-order valence-corrected chi connectivity index (χ3v) is 4.03. The summed E-state index contributed by atoms with van der Waals surface area (Å²) in [5.74, 6) is 1.03. The van der Waals surface area contributed by atoms with Crippen molar-refractivity contribution in [2.45, 2.75) is 13.1 Å². The Balaban J connectivity index is 1.66. The second kappa shape index (κ2) is 5.23. The summed E-state index contributed by atoms with van der Waals surface area (Å²) in [4.78, 5) is 2.34. The van der Waals surface area contributed by atoms with Crippen LogP contribution in [0.1, 0.15) is 11.1 Å². The molecule has 0 aliphatic carbocycles.